The molecule has 0 saturated carbocycles. The van der Waals surface area contributed by atoms with Crippen LogP contribution in [-0.2, 0) is 23.1 Å². The van der Waals surface area contributed by atoms with Gasteiger partial charge in [-0.3, -0.25) is 4.52 Å². The maximum absolute atomic E-state index is 11.3. The zero-order valence-electron chi connectivity index (χ0n) is 8.00. The Balaban J connectivity index is 4.39. The van der Waals surface area contributed by atoms with Gasteiger partial charge in [-0.25, -0.2) is 14.6 Å². The van der Waals surface area contributed by atoms with Crippen molar-refractivity contribution in [1.82, 2.24) is 0 Å². The van der Waals surface area contributed by atoms with Gasteiger partial charge in [0.15, 0.2) is 0 Å². The van der Waals surface area contributed by atoms with Crippen LogP contribution in [-0.4, -0.2) is 17.3 Å². The van der Waals surface area contributed by atoms with E-state index >= 15 is 0 Å². The Kier molecular flexibility index (Phi) is 5.64. The van der Waals surface area contributed by atoms with Gasteiger partial charge < -0.3 is 4.52 Å². The van der Waals surface area contributed by atoms with Crippen molar-refractivity contribution in [3.8, 4) is 0 Å². The molecule has 0 rings (SSSR count). The third-order valence-electron chi connectivity index (χ3n) is 1.35. The van der Waals surface area contributed by atoms with E-state index in [0.29, 0.717) is 6.42 Å². The van der Waals surface area contributed by atoms with Crippen LogP contribution in [0.2, 0.25) is 0 Å². The molecule has 2 unspecified atom stereocenters. The molecule has 0 amide bonds. The fourth-order valence-corrected chi connectivity index (χ4v) is 1.50. The van der Waals surface area contributed by atoms with Crippen molar-refractivity contribution in [2.75, 3.05) is 0 Å². The van der Waals surface area contributed by atoms with Crippen molar-refractivity contribution < 1.29 is 28.3 Å². The molecule has 82 valence electrons. The molecule has 0 spiro atoms. The van der Waals surface area contributed by atoms with Gasteiger partial charge in [0.25, 0.3) is 0 Å². The SMILES string of the molecule is C=CC(=O)OP(=O)(OO)OC(C)CC. The van der Waals surface area contributed by atoms with Crippen molar-refractivity contribution in [3.63, 3.8) is 0 Å². The fourth-order valence-electron chi connectivity index (χ4n) is 0.500. The Hall–Kier alpha value is -0.680. The van der Waals surface area contributed by atoms with Gasteiger partial charge in [0.05, 0.1) is 6.10 Å². The molecule has 2 atom stereocenters. The standard InChI is InChI=1S/C7H13O6P/c1-4-6(3)11-14(10,13-9)12-7(8)5-2/h5-6,9H,2,4H2,1,3H3. The summed E-state index contributed by atoms with van der Waals surface area (Å²) in [7, 11) is -4.21. The average Bonchev–Trinajstić information content (AvgIpc) is 2.17. The quantitative estimate of drug-likeness (QED) is 0.322. The second kappa shape index (κ2) is 5.93. The molecular weight excluding hydrogens is 211 g/mol. The number of hydrogen-bond acceptors (Lipinski definition) is 6. The number of carbonyl (C=O) groups is 1. The summed E-state index contributed by atoms with van der Waals surface area (Å²) < 4.78 is 23.8. The van der Waals surface area contributed by atoms with E-state index in [-0.39, 0.29) is 0 Å². The Bertz CT molecular complexity index is 251. The first-order chi connectivity index (χ1) is 6.47. The van der Waals surface area contributed by atoms with Crippen LogP contribution in [0.5, 0.6) is 0 Å². The van der Waals surface area contributed by atoms with Gasteiger partial charge >= 0.3 is 13.8 Å². The molecule has 0 aliphatic carbocycles. The molecule has 14 heavy (non-hydrogen) atoms. The smallest absolute Gasteiger partial charge is 0.366 e. The second-order valence-electron chi connectivity index (χ2n) is 2.47. The molecule has 1 N–H and O–H groups in total. The van der Waals surface area contributed by atoms with Gasteiger partial charge in [-0.05, 0) is 13.3 Å². The largest absolute Gasteiger partial charge is 0.560 e. The molecule has 7 heteroatoms. The van der Waals surface area contributed by atoms with E-state index in [9.17, 15) is 9.36 Å². The lowest BCUT2D eigenvalue weighted by Crippen LogP contribution is -2.09. The van der Waals surface area contributed by atoms with Crippen LogP contribution in [0.3, 0.4) is 0 Å². The van der Waals surface area contributed by atoms with E-state index in [4.69, 9.17) is 9.78 Å². The third-order valence-corrected chi connectivity index (χ3v) is 2.57. The van der Waals surface area contributed by atoms with Gasteiger partial charge in [-0.2, -0.15) is 0 Å². The molecule has 6 nitrogen and oxygen atoms in total. The van der Waals surface area contributed by atoms with E-state index in [2.05, 4.69) is 15.8 Å². The summed E-state index contributed by atoms with van der Waals surface area (Å²) in [4.78, 5) is 10.7. The fraction of sp³-hybridized carbons (Fsp3) is 0.571. The van der Waals surface area contributed by atoms with Crippen LogP contribution < -0.4 is 0 Å². The molecule has 0 aromatic carbocycles. The Morgan fingerprint density at radius 1 is 1.71 bits per heavy atom. The summed E-state index contributed by atoms with van der Waals surface area (Å²) in [5, 5.41) is 8.27. The summed E-state index contributed by atoms with van der Waals surface area (Å²) >= 11 is 0. The highest BCUT2D eigenvalue weighted by molar-refractivity contribution is 7.48. The van der Waals surface area contributed by atoms with Crippen LogP contribution in [0.25, 0.3) is 0 Å². The molecule has 0 saturated heterocycles. The zero-order chi connectivity index (χ0) is 11.2. The molecule has 0 aliphatic rings. The lowest BCUT2D eigenvalue weighted by molar-refractivity contribution is -0.173. The first-order valence-electron chi connectivity index (χ1n) is 3.95. The molecule has 0 fully saturated rings. The Morgan fingerprint density at radius 3 is 2.64 bits per heavy atom. The first kappa shape index (κ1) is 13.3. The first-order valence-corrected chi connectivity index (χ1v) is 5.41. The minimum Gasteiger partial charge on any atom is -0.366 e. The molecular formula is C7H13O6P. The summed E-state index contributed by atoms with van der Waals surface area (Å²) in [5.74, 6) is -0.995. The van der Waals surface area contributed by atoms with Crippen LogP contribution in [0, 0.1) is 0 Å². The number of carbonyl (C=O) groups excluding carboxylic acids is 1. The molecule has 0 aromatic rings. The summed E-state index contributed by atoms with van der Waals surface area (Å²) in [6.45, 7) is 6.45. The van der Waals surface area contributed by atoms with Crippen molar-refractivity contribution in [1.29, 1.82) is 0 Å². The number of phosphoric acid groups is 1. The second-order valence-corrected chi connectivity index (χ2v) is 3.92. The lowest BCUT2D eigenvalue weighted by Gasteiger charge is -2.16. The average molecular weight is 224 g/mol. The van der Waals surface area contributed by atoms with Gasteiger partial charge in [-0.1, -0.05) is 13.5 Å². The van der Waals surface area contributed by atoms with Gasteiger partial charge in [0, 0.05) is 6.08 Å². The number of phosphoric ester groups is 1. The monoisotopic (exact) mass is 224 g/mol. The van der Waals surface area contributed by atoms with Gasteiger partial charge in [-0.15, -0.1) is 4.67 Å². The number of hydrogen-bond donors (Lipinski definition) is 1. The molecule has 0 radical (unpaired) electrons. The van der Waals surface area contributed by atoms with Crippen molar-refractivity contribution in [2.45, 2.75) is 26.4 Å². The van der Waals surface area contributed by atoms with E-state index < -0.39 is 19.9 Å². The minimum absolute atomic E-state index is 0.467. The molecule has 0 aromatic heterocycles. The highest BCUT2D eigenvalue weighted by Crippen LogP contribution is 2.50. The van der Waals surface area contributed by atoms with Crippen LogP contribution in [0.15, 0.2) is 12.7 Å². The Labute approximate surface area is 82.0 Å². The van der Waals surface area contributed by atoms with Crippen LogP contribution in [0.4, 0.5) is 0 Å². The zero-order valence-corrected chi connectivity index (χ0v) is 8.90. The molecule has 0 heterocycles. The van der Waals surface area contributed by atoms with E-state index in [1.54, 1.807) is 13.8 Å². The summed E-state index contributed by atoms with van der Waals surface area (Å²) in [5.41, 5.74) is 0. The summed E-state index contributed by atoms with van der Waals surface area (Å²) in [6.07, 6.45) is 0.843. The van der Waals surface area contributed by atoms with E-state index in [0.717, 1.165) is 6.08 Å². The highest BCUT2D eigenvalue weighted by atomic mass is 31.2. The predicted octanol–water partition coefficient (Wildman–Crippen LogP) is 2.13. The van der Waals surface area contributed by atoms with Gasteiger partial charge in [0.1, 0.15) is 0 Å². The summed E-state index contributed by atoms with van der Waals surface area (Å²) in [6, 6.07) is 0. The third kappa shape index (κ3) is 4.53. The highest BCUT2D eigenvalue weighted by Gasteiger charge is 2.32. The molecule has 0 aliphatic heterocycles. The Morgan fingerprint density at radius 2 is 2.29 bits per heavy atom. The number of rotatable bonds is 6. The van der Waals surface area contributed by atoms with E-state index in [1.165, 1.54) is 0 Å². The van der Waals surface area contributed by atoms with Crippen molar-refractivity contribution in [2.24, 2.45) is 0 Å². The normalized spacial score (nSPS) is 16.8. The lowest BCUT2D eigenvalue weighted by atomic mass is 10.3. The molecule has 0 bridgehead atoms. The maximum atomic E-state index is 11.3. The van der Waals surface area contributed by atoms with Crippen LogP contribution >= 0.6 is 7.82 Å². The maximum Gasteiger partial charge on any atom is 0.560 e. The predicted molar refractivity (Wildman–Crippen MR) is 48.4 cm³/mol. The van der Waals surface area contributed by atoms with Gasteiger partial charge in [0.2, 0.25) is 0 Å². The van der Waals surface area contributed by atoms with Crippen molar-refractivity contribution in [3.05, 3.63) is 12.7 Å². The van der Waals surface area contributed by atoms with Crippen LogP contribution in [0.1, 0.15) is 20.3 Å². The van der Waals surface area contributed by atoms with Crippen molar-refractivity contribution >= 4 is 13.8 Å². The van der Waals surface area contributed by atoms with E-state index in [1.807, 2.05) is 0 Å². The minimum atomic E-state index is -4.21. The topological polar surface area (TPSA) is 82.1 Å².